The van der Waals surface area contributed by atoms with Gasteiger partial charge in [-0.3, -0.25) is 4.90 Å². The van der Waals surface area contributed by atoms with Crippen molar-refractivity contribution in [2.24, 2.45) is 11.7 Å². The molecule has 2 N–H and O–H groups in total. The maximum Gasteiger partial charge on any atom is 0.0276 e. The van der Waals surface area contributed by atoms with Crippen molar-refractivity contribution >= 4 is 11.8 Å². The minimum atomic E-state index is 0.879. The third kappa shape index (κ3) is 2.39. The second-order valence-corrected chi connectivity index (χ2v) is 5.32. The number of nitrogens with two attached hydrogens (primary N) is 1. The SMILES string of the molecule is NCCC1CCN(C2CSC2)CC1. The third-order valence-corrected chi connectivity index (χ3v) is 4.60. The van der Waals surface area contributed by atoms with E-state index in [0.717, 1.165) is 18.5 Å². The van der Waals surface area contributed by atoms with Crippen LogP contribution in [0.25, 0.3) is 0 Å². The van der Waals surface area contributed by atoms with Crippen LogP contribution in [0, 0.1) is 5.92 Å². The Morgan fingerprint density at radius 3 is 2.38 bits per heavy atom. The molecule has 13 heavy (non-hydrogen) atoms. The fourth-order valence-electron chi connectivity index (χ4n) is 2.28. The van der Waals surface area contributed by atoms with Crippen LogP contribution in [0.1, 0.15) is 19.3 Å². The van der Waals surface area contributed by atoms with Crippen molar-refractivity contribution in [1.82, 2.24) is 4.90 Å². The van der Waals surface area contributed by atoms with Gasteiger partial charge < -0.3 is 5.73 Å². The van der Waals surface area contributed by atoms with Crippen LogP contribution < -0.4 is 5.73 Å². The van der Waals surface area contributed by atoms with E-state index < -0.39 is 0 Å². The van der Waals surface area contributed by atoms with Gasteiger partial charge in [-0.2, -0.15) is 11.8 Å². The molecule has 0 aromatic rings. The second kappa shape index (κ2) is 4.67. The lowest BCUT2D eigenvalue weighted by atomic mass is 9.93. The van der Waals surface area contributed by atoms with Gasteiger partial charge in [0, 0.05) is 17.5 Å². The van der Waals surface area contributed by atoms with Gasteiger partial charge in [0.25, 0.3) is 0 Å². The van der Waals surface area contributed by atoms with Crippen LogP contribution in [-0.2, 0) is 0 Å². The molecule has 2 rings (SSSR count). The lowest BCUT2D eigenvalue weighted by molar-refractivity contribution is 0.146. The molecule has 0 amide bonds. The average molecular weight is 200 g/mol. The quantitative estimate of drug-likeness (QED) is 0.741. The highest BCUT2D eigenvalue weighted by Gasteiger charge is 2.28. The topological polar surface area (TPSA) is 29.3 Å². The summed E-state index contributed by atoms with van der Waals surface area (Å²) < 4.78 is 0. The number of hydrogen-bond acceptors (Lipinski definition) is 3. The molecule has 0 aliphatic carbocycles. The summed E-state index contributed by atoms with van der Waals surface area (Å²) in [5, 5.41) is 0. The molecular formula is C10H20N2S. The molecule has 2 fully saturated rings. The molecule has 0 radical (unpaired) electrons. The summed E-state index contributed by atoms with van der Waals surface area (Å²) in [5.41, 5.74) is 5.57. The summed E-state index contributed by atoms with van der Waals surface area (Å²) in [6.07, 6.45) is 4.02. The van der Waals surface area contributed by atoms with E-state index in [2.05, 4.69) is 16.7 Å². The second-order valence-electron chi connectivity index (χ2n) is 4.25. The van der Waals surface area contributed by atoms with Crippen molar-refractivity contribution in [3.63, 3.8) is 0 Å². The molecule has 2 nitrogen and oxygen atoms in total. The molecule has 2 heterocycles. The van der Waals surface area contributed by atoms with Gasteiger partial charge in [-0.15, -0.1) is 0 Å². The molecule has 0 aromatic carbocycles. The van der Waals surface area contributed by atoms with Crippen molar-refractivity contribution in [3.8, 4) is 0 Å². The molecule has 2 aliphatic heterocycles. The van der Waals surface area contributed by atoms with Gasteiger partial charge in [-0.1, -0.05) is 0 Å². The van der Waals surface area contributed by atoms with E-state index in [1.54, 1.807) is 0 Å². The molecule has 0 saturated carbocycles. The Bertz CT molecular complexity index is 151. The number of nitrogens with zero attached hydrogens (tertiary/aromatic N) is 1. The zero-order valence-corrected chi connectivity index (χ0v) is 9.06. The maximum absolute atomic E-state index is 5.57. The Morgan fingerprint density at radius 2 is 1.92 bits per heavy atom. The van der Waals surface area contributed by atoms with Crippen LogP contribution in [0.5, 0.6) is 0 Å². The highest BCUT2D eigenvalue weighted by Crippen LogP contribution is 2.28. The van der Waals surface area contributed by atoms with Crippen molar-refractivity contribution in [1.29, 1.82) is 0 Å². The fraction of sp³-hybridized carbons (Fsp3) is 1.00. The summed E-state index contributed by atoms with van der Waals surface area (Å²) in [4.78, 5) is 2.68. The van der Waals surface area contributed by atoms with Gasteiger partial charge in [0.05, 0.1) is 0 Å². The Kier molecular flexibility index (Phi) is 3.52. The molecular weight excluding hydrogens is 180 g/mol. The number of piperidine rings is 1. The highest BCUT2D eigenvalue weighted by molar-refractivity contribution is 8.00. The van der Waals surface area contributed by atoms with E-state index in [-0.39, 0.29) is 0 Å². The Hall–Kier alpha value is 0.270. The van der Waals surface area contributed by atoms with Gasteiger partial charge in [0.1, 0.15) is 0 Å². The number of thioether (sulfide) groups is 1. The van der Waals surface area contributed by atoms with E-state index in [1.807, 2.05) is 0 Å². The monoisotopic (exact) mass is 200 g/mol. The molecule has 76 valence electrons. The van der Waals surface area contributed by atoms with Gasteiger partial charge in [0.2, 0.25) is 0 Å². The standard InChI is InChI=1S/C10H20N2S/c11-4-1-9-2-5-12(6-3-9)10-7-13-8-10/h9-10H,1-8,11H2. The molecule has 3 heteroatoms. The smallest absolute Gasteiger partial charge is 0.0276 e. The maximum atomic E-state index is 5.57. The van der Waals surface area contributed by atoms with Gasteiger partial charge in [-0.05, 0) is 44.8 Å². The lowest BCUT2D eigenvalue weighted by Crippen LogP contribution is -2.48. The van der Waals surface area contributed by atoms with Crippen LogP contribution in [0.3, 0.4) is 0 Å². The van der Waals surface area contributed by atoms with Crippen LogP contribution in [-0.4, -0.2) is 42.1 Å². The van der Waals surface area contributed by atoms with E-state index in [4.69, 9.17) is 5.73 Å². The predicted molar refractivity (Wildman–Crippen MR) is 59.1 cm³/mol. The van der Waals surface area contributed by atoms with E-state index in [1.165, 1.54) is 43.9 Å². The first-order valence-corrected chi connectivity index (χ1v) is 6.57. The molecule has 0 spiro atoms. The Labute approximate surface area is 85.2 Å². The van der Waals surface area contributed by atoms with Gasteiger partial charge >= 0.3 is 0 Å². The van der Waals surface area contributed by atoms with Gasteiger partial charge in [-0.25, -0.2) is 0 Å². The summed E-state index contributed by atoms with van der Waals surface area (Å²) in [5.74, 6) is 3.68. The fourth-order valence-corrected chi connectivity index (χ4v) is 3.14. The summed E-state index contributed by atoms with van der Waals surface area (Å²) in [6, 6.07) is 0.920. The zero-order chi connectivity index (χ0) is 9.10. The Balaban J connectivity index is 1.69. The average Bonchev–Trinajstić information content (AvgIpc) is 2.06. The van der Waals surface area contributed by atoms with Crippen LogP contribution in [0.4, 0.5) is 0 Å². The molecule has 0 bridgehead atoms. The van der Waals surface area contributed by atoms with Crippen LogP contribution in [0.15, 0.2) is 0 Å². The molecule has 0 unspecified atom stereocenters. The van der Waals surface area contributed by atoms with Crippen molar-refractivity contribution < 1.29 is 0 Å². The van der Waals surface area contributed by atoms with E-state index in [0.29, 0.717) is 0 Å². The number of hydrogen-bond donors (Lipinski definition) is 1. The minimum absolute atomic E-state index is 0.879. The van der Waals surface area contributed by atoms with Crippen molar-refractivity contribution in [3.05, 3.63) is 0 Å². The third-order valence-electron chi connectivity index (χ3n) is 3.36. The first-order valence-electron chi connectivity index (χ1n) is 5.42. The van der Waals surface area contributed by atoms with E-state index in [9.17, 15) is 0 Å². The van der Waals surface area contributed by atoms with Crippen LogP contribution >= 0.6 is 11.8 Å². The van der Waals surface area contributed by atoms with Crippen molar-refractivity contribution in [2.45, 2.75) is 25.3 Å². The lowest BCUT2D eigenvalue weighted by Gasteiger charge is -2.41. The first kappa shape index (κ1) is 9.81. The summed E-state index contributed by atoms with van der Waals surface area (Å²) in [7, 11) is 0. The molecule has 2 saturated heterocycles. The Morgan fingerprint density at radius 1 is 1.23 bits per heavy atom. The largest absolute Gasteiger partial charge is 0.330 e. The van der Waals surface area contributed by atoms with Crippen molar-refractivity contribution in [2.75, 3.05) is 31.1 Å². The van der Waals surface area contributed by atoms with Crippen LogP contribution in [0.2, 0.25) is 0 Å². The normalized spacial score (nSPS) is 27.5. The molecule has 0 aromatic heterocycles. The van der Waals surface area contributed by atoms with E-state index >= 15 is 0 Å². The molecule has 0 atom stereocenters. The zero-order valence-electron chi connectivity index (χ0n) is 8.24. The highest BCUT2D eigenvalue weighted by atomic mass is 32.2. The van der Waals surface area contributed by atoms with Gasteiger partial charge in [0.15, 0.2) is 0 Å². The number of likely N-dealkylation sites (tertiary alicyclic amines) is 1. The summed E-state index contributed by atoms with van der Waals surface area (Å²) in [6.45, 7) is 3.54. The summed E-state index contributed by atoms with van der Waals surface area (Å²) >= 11 is 2.09. The molecule has 2 aliphatic rings. The first-order chi connectivity index (χ1) is 6.40. The minimum Gasteiger partial charge on any atom is -0.330 e. The predicted octanol–water partition coefficient (Wildman–Crippen LogP) is 1.16. The number of rotatable bonds is 3.